The van der Waals surface area contributed by atoms with Crippen LogP contribution in [-0.4, -0.2) is 86.7 Å². The second-order valence-electron chi connectivity index (χ2n) is 8.76. The minimum Gasteiger partial charge on any atom is -0.496 e. The standard InChI is InChI=1S/C24H39N3O3/c1-20(28)26-14-10-23(11-15-26)27(16-17-29-2)18-21-8-12-25(13-9-21)19-22-6-4-5-7-24(22)30-3/h4-7,21,23H,8-19H2,1-3H3. The molecule has 1 aromatic rings. The molecule has 30 heavy (non-hydrogen) atoms. The molecule has 0 N–H and O–H groups in total. The van der Waals surface area contributed by atoms with E-state index in [-0.39, 0.29) is 5.91 Å². The third-order valence-corrected chi connectivity index (χ3v) is 6.80. The monoisotopic (exact) mass is 417 g/mol. The van der Waals surface area contributed by atoms with Crippen LogP contribution >= 0.6 is 0 Å². The van der Waals surface area contributed by atoms with Crippen LogP contribution in [-0.2, 0) is 16.1 Å². The first kappa shape index (κ1) is 23.0. The summed E-state index contributed by atoms with van der Waals surface area (Å²) in [6, 6.07) is 8.92. The summed E-state index contributed by atoms with van der Waals surface area (Å²) < 4.78 is 10.9. The van der Waals surface area contributed by atoms with Crippen LogP contribution in [0.25, 0.3) is 0 Å². The number of hydrogen-bond donors (Lipinski definition) is 0. The van der Waals surface area contributed by atoms with E-state index in [0.717, 1.165) is 76.9 Å². The Morgan fingerprint density at radius 1 is 1.07 bits per heavy atom. The van der Waals surface area contributed by atoms with Gasteiger partial charge in [-0.1, -0.05) is 18.2 Å². The van der Waals surface area contributed by atoms with Crippen molar-refractivity contribution in [1.82, 2.24) is 14.7 Å². The highest BCUT2D eigenvalue weighted by Crippen LogP contribution is 2.26. The normalized spacial score (nSPS) is 19.4. The molecular weight excluding hydrogens is 378 g/mol. The third kappa shape index (κ3) is 6.43. The van der Waals surface area contributed by atoms with Crippen LogP contribution in [0.4, 0.5) is 0 Å². The van der Waals surface area contributed by atoms with Crippen molar-refractivity contribution in [3.63, 3.8) is 0 Å². The van der Waals surface area contributed by atoms with Gasteiger partial charge in [0.1, 0.15) is 5.75 Å². The summed E-state index contributed by atoms with van der Waals surface area (Å²) in [6.45, 7) is 9.63. The molecule has 168 valence electrons. The van der Waals surface area contributed by atoms with Crippen molar-refractivity contribution in [2.75, 3.05) is 60.1 Å². The molecule has 2 aliphatic heterocycles. The molecule has 6 nitrogen and oxygen atoms in total. The highest BCUT2D eigenvalue weighted by molar-refractivity contribution is 5.73. The predicted molar refractivity (Wildman–Crippen MR) is 120 cm³/mol. The van der Waals surface area contributed by atoms with Gasteiger partial charge >= 0.3 is 0 Å². The van der Waals surface area contributed by atoms with Crippen molar-refractivity contribution in [1.29, 1.82) is 0 Å². The van der Waals surface area contributed by atoms with E-state index in [1.807, 2.05) is 17.0 Å². The summed E-state index contributed by atoms with van der Waals surface area (Å²) in [7, 11) is 3.54. The molecule has 0 aliphatic carbocycles. The SMILES string of the molecule is COCCN(CC1CCN(Cc2ccccc2OC)CC1)C1CCN(C(C)=O)CC1. The van der Waals surface area contributed by atoms with E-state index in [9.17, 15) is 4.79 Å². The highest BCUT2D eigenvalue weighted by Gasteiger charge is 2.28. The Kier molecular flexibility index (Phi) is 8.97. The first-order valence-electron chi connectivity index (χ1n) is 11.4. The van der Waals surface area contributed by atoms with Crippen molar-refractivity contribution in [2.45, 2.75) is 45.2 Å². The van der Waals surface area contributed by atoms with Crippen LogP contribution in [0.3, 0.4) is 0 Å². The van der Waals surface area contributed by atoms with E-state index in [2.05, 4.69) is 21.9 Å². The number of benzene rings is 1. The number of carbonyl (C=O) groups excluding carboxylic acids is 1. The maximum absolute atomic E-state index is 11.6. The van der Waals surface area contributed by atoms with E-state index in [1.54, 1.807) is 21.1 Å². The Morgan fingerprint density at radius 3 is 2.40 bits per heavy atom. The Morgan fingerprint density at radius 2 is 1.77 bits per heavy atom. The lowest BCUT2D eigenvalue weighted by Crippen LogP contribution is -2.49. The summed E-state index contributed by atoms with van der Waals surface area (Å²) >= 11 is 0. The van der Waals surface area contributed by atoms with E-state index in [4.69, 9.17) is 9.47 Å². The number of hydrogen-bond acceptors (Lipinski definition) is 5. The molecule has 1 aromatic carbocycles. The van der Waals surface area contributed by atoms with Crippen LogP contribution in [0, 0.1) is 5.92 Å². The number of methoxy groups -OCH3 is 2. The molecule has 2 heterocycles. The summed E-state index contributed by atoms with van der Waals surface area (Å²) in [4.78, 5) is 18.8. The molecule has 3 rings (SSSR count). The number of nitrogens with zero attached hydrogens (tertiary/aromatic N) is 3. The molecule has 2 saturated heterocycles. The lowest BCUT2D eigenvalue weighted by Gasteiger charge is -2.41. The average Bonchev–Trinajstić information content (AvgIpc) is 2.78. The fraction of sp³-hybridized carbons (Fsp3) is 0.708. The second-order valence-corrected chi connectivity index (χ2v) is 8.76. The van der Waals surface area contributed by atoms with Gasteiger partial charge in [0.2, 0.25) is 5.91 Å². The molecule has 0 spiro atoms. The Labute approximate surface area is 182 Å². The third-order valence-electron chi connectivity index (χ3n) is 6.80. The fourth-order valence-corrected chi connectivity index (χ4v) is 4.91. The summed E-state index contributed by atoms with van der Waals surface area (Å²) in [5, 5.41) is 0. The zero-order chi connectivity index (χ0) is 21.3. The lowest BCUT2D eigenvalue weighted by atomic mass is 9.93. The highest BCUT2D eigenvalue weighted by atomic mass is 16.5. The number of likely N-dealkylation sites (tertiary alicyclic amines) is 2. The minimum atomic E-state index is 0.208. The number of amides is 1. The first-order valence-corrected chi connectivity index (χ1v) is 11.4. The number of ether oxygens (including phenoxy) is 2. The van der Waals surface area contributed by atoms with Gasteiger partial charge in [-0.3, -0.25) is 14.6 Å². The fourth-order valence-electron chi connectivity index (χ4n) is 4.91. The topological polar surface area (TPSA) is 45.2 Å². The maximum Gasteiger partial charge on any atom is 0.219 e. The molecule has 2 aliphatic rings. The van der Waals surface area contributed by atoms with E-state index in [1.165, 1.54) is 18.4 Å². The van der Waals surface area contributed by atoms with Gasteiger partial charge in [-0.05, 0) is 50.8 Å². The van der Waals surface area contributed by atoms with Gasteiger partial charge in [-0.2, -0.15) is 0 Å². The number of para-hydroxylation sites is 1. The van der Waals surface area contributed by atoms with Crippen molar-refractivity contribution in [3.8, 4) is 5.75 Å². The predicted octanol–water partition coefficient (Wildman–Crippen LogP) is 2.87. The van der Waals surface area contributed by atoms with Gasteiger partial charge in [0.25, 0.3) is 0 Å². The van der Waals surface area contributed by atoms with Gasteiger partial charge in [-0.15, -0.1) is 0 Å². The lowest BCUT2D eigenvalue weighted by molar-refractivity contribution is -0.130. The average molecular weight is 418 g/mol. The zero-order valence-electron chi connectivity index (χ0n) is 19.0. The molecule has 0 atom stereocenters. The van der Waals surface area contributed by atoms with Gasteiger partial charge < -0.3 is 14.4 Å². The molecular formula is C24H39N3O3. The van der Waals surface area contributed by atoms with E-state index < -0.39 is 0 Å². The quantitative estimate of drug-likeness (QED) is 0.618. The summed E-state index contributed by atoms with van der Waals surface area (Å²) in [5.41, 5.74) is 1.28. The van der Waals surface area contributed by atoms with Crippen LogP contribution in [0.1, 0.15) is 38.2 Å². The van der Waals surface area contributed by atoms with Crippen LogP contribution in [0.2, 0.25) is 0 Å². The zero-order valence-corrected chi connectivity index (χ0v) is 19.0. The van der Waals surface area contributed by atoms with E-state index in [0.29, 0.717) is 6.04 Å². The van der Waals surface area contributed by atoms with Crippen molar-refractivity contribution >= 4 is 5.91 Å². The van der Waals surface area contributed by atoms with E-state index >= 15 is 0 Å². The Balaban J connectivity index is 1.49. The molecule has 0 bridgehead atoms. The number of rotatable bonds is 9. The maximum atomic E-state index is 11.6. The second kappa shape index (κ2) is 11.7. The first-order chi connectivity index (χ1) is 14.6. The molecule has 1 amide bonds. The van der Waals surface area contributed by atoms with Gasteiger partial charge in [0.05, 0.1) is 13.7 Å². The molecule has 6 heteroatoms. The van der Waals surface area contributed by atoms with Crippen LogP contribution < -0.4 is 4.74 Å². The molecule has 0 aromatic heterocycles. The molecule has 0 saturated carbocycles. The molecule has 2 fully saturated rings. The largest absolute Gasteiger partial charge is 0.496 e. The van der Waals surface area contributed by atoms with Gasteiger partial charge in [-0.25, -0.2) is 0 Å². The minimum absolute atomic E-state index is 0.208. The molecule has 0 unspecified atom stereocenters. The Bertz CT molecular complexity index is 653. The van der Waals surface area contributed by atoms with Gasteiger partial charge in [0, 0.05) is 58.4 Å². The van der Waals surface area contributed by atoms with Gasteiger partial charge in [0.15, 0.2) is 0 Å². The number of piperidine rings is 2. The van der Waals surface area contributed by atoms with Crippen molar-refractivity contribution in [2.24, 2.45) is 5.92 Å². The number of carbonyl (C=O) groups is 1. The van der Waals surface area contributed by atoms with Crippen molar-refractivity contribution < 1.29 is 14.3 Å². The van der Waals surface area contributed by atoms with Crippen molar-refractivity contribution in [3.05, 3.63) is 29.8 Å². The summed E-state index contributed by atoms with van der Waals surface area (Å²) in [5.74, 6) is 1.93. The molecule has 0 radical (unpaired) electrons. The van der Waals surface area contributed by atoms with Crippen LogP contribution in [0.15, 0.2) is 24.3 Å². The van der Waals surface area contributed by atoms with Crippen LogP contribution in [0.5, 0.6) is 5.75 Å². The smallest absolute Gasteiger partial charge is 0.219 e. The Hall–Kier alpha value is -1.63. The summed E-state index contributed by atoms with van der Waals surface area (Å²) in [6.07, 6.45) is 4.64.